The van der Waals surface area contributed by atoms with Gasteiger partial charge in [0.05, 0.1) is 5.69 Å². The zero-order valence-electron chi connectivity index (χ0n) is 12.8. The minimum atomic E-state index is 0.504. The van der Waals surface area contributed by atoms with E-state index in [1.54, 1.807) is 0 Å². The molecule has 3 rings (SSSR count). The minimum absolute atomic E-state index is 0.504. The highest BCUT2D eigenvalue weighted by atomic mass is 15.0. The van der Waals surface area contributed by atoms with E-state index in [1.165, 1.54) is 22.4 Å². The number of hydrogen-bond acceptors (Lipinski definition) is 2. The van der Waals surface area contributed by atoms with Gasteiger partial charge in [-0.25, -0.2) is 4.98 Å². The van der Waals surface area contributed by atoms with E-state index in [9.17, 15) is 0 Å². The van der Waals surface area contributed by atoms with E-state index in [0.717, 1.165) is 12.2 Å². The van der Waals surface area contributed by atoms with Crippen molar-refractivity contribution in [2.24, 2.45) is 0 Å². The number of nitrogens with zero attached hydrogens (tertiary/aromatic N) is 2. The van der Waals surface area contributed by atoms with E-state index in [0.29, 0.717) is 6.04 Å². The molecule has 3 heteroatoms. The van der Waals surface area contributed by atoms with Crippen molar-refractivity contribution in [1.29, 1.82) is 0 Å². The summed E-state index contributed by atoms with van der Waals surface area (Å²) in [4.78, 5) is 4.35. The van der Waals surface area contributed by atoms with Gasteiger partial charge in [0, 0.05) is 30.5 Å². The summed E-state index contributed by atoms with van der Waals surface area (Å²) in [6.45, 7) is 7.42. The lowest BCUT2D eigenvalue weighted by molar-refractivity contribution is 0.589. The standard InChI is InChI=1S/C18H21N3/c1-13(2)20-12-15-7-8-16(14(3)11-15)17-5-4-6-18-19-9-10-21(17)18/h4-11,13,20H,12H2,1-3H3. The maximum absolute atomic E-state index is 4.35. The highest BCUT2D eigenvalue weighted by Crippen LogP contribution is 2.25. The summed E-state index contributed by atoms with van der Waals surface area (Å²) in [6.07, 6.45) is 3.85. The van der Waals surface area contributed by atoms with Gasteiger partial charge in [0.1, 0.15) is 5.65 Å². The topological polar surface area (TPSA) is 29.3 Å². The second-order valence-electron chi connectivity index (χ2n) is 5.75. The van der Waals surface area contributed by atoms with E-state index >= 15 is 0 Å². The third-order valence-electron chi connectivity index (χ3n) is 3.71. The van der Waals surface area contributed by atoms with Crippen LogP contribution in [0.5, 0.6) is 0 Å². The molecule has 0 bridgehead atoms. The molecule has 1 aromatic carbocycles. The summed E-state index contributed by atoms with van der Waals surface area (Å²) < 4.78 is 2.13. The van der Waals surface area contributed by atoms with Crippen LogP contribution in [-0.2, 0) is 6.54 Å². The number of hydrogen-bond donors (Lipinski definition) is 1. The largest absolute Gasteiger partial charge is 0.310 e. The Kier molecular flexibility index (Phi) is 3.76. The van der Waals surface area contributed by atoms with Crippen molar-refractivity contribution < 1.29 is 0 Å². The van der Waals surface area contributed by atoms with Gasteiger partial charge >= 0.3 is 0 Å². The number of rotatable bonds is 4. The molecule has 108 valence electrons. The van der Waals surface area contributed by atoms with Crippen LogP contribution in [0.2, 0.25) is 0 Å². The first-order valence-corrected chi connectivity index (χ1v) is 7.40. The molecule has 0 aliphatic carbocycles. The van der Waals surface area contributed by atoms with Gasteiger partial charge in [0.15, 0.2) is 0 Å². The number of benzene rings is 1. The molecule has 0 aliphatic rings. The molecule has 0 saturated heterocycles. The Labute approximate surface area is 125 Å². The van der Waals surface area contributed by atoms with Crippen LogP contribution in [-0.4, -0.2) is 15.4 Å². The molecule has 0 aliphatic heterocycles. The number of aryl methyl sites for hydroxylation is 1. The molecule has 0 amide bonds. The molecule has 2 heterocycles. The lowest BCUT2D eigenvalue weighted by atomic mass is 10.0. The molecule has 0 radical (unpaired) electrons. The van der Waals surface area contributed by atoms with Crippen LogP contribution in [0.3, 0.4) is 0 Å². The molecule has 2 aromatic heterocycles. The Hall–Kier alpha value is -2.13. The SMILES string of the molecule is Cc1cc(CNC(C)C)ccc1-c1cccc2nccn12. The Morgan fingerprint density at radius 3 is 2.81 bits per heavy atom. The van der Waals surface area contributed by atoms with Gasteiger partial charge < -0.3 is 5.32 Å². The minimum Gasteiger partial charge on any atom is -0.310 e. The van der Waals surface area contributed by atoms with Crippen LogP contribution in [0.25, 0.3) is 16.9 Å². The predicted octanol–water partition coefficient (Wildman–Crippen LogP) is 3.81. The van der Waals surface area contributed by atoms with Crippen molar-refractivity contribution in [2.45, 2.75) is 33.4 Å². The molecule has 1 N–H and O–H groups in total. The number of aromatic nitrogens is 2. The van der Waals surface area contributed by atoms with E-state index in [4.69, 9.17) is 0 Å². The molecular formula is C18H21N3. The smallest absolute Gasteiger partial charge is 0.137 e. The van der Waals surface area contributed by atoms with Gasteiger partial charge in [0.25, 0.3) is 0 Å². The van der Waals surface area contributed by atoms with Gasteiger partial charge in [0.2, 0.25) is 0 Å². The summed E-state index contributed by atoms with van der Waals surface area (Å²) in [6, 6.07) is 13.4. The molecule has 3 nitrogen and oxygen atoms in total. The predicted molar refractivity (Wildman–Crippen MR) is 87.3 cm³/mol. The maximum atomic E-state index is 4.35. The molecule has 0 fully saturated rings. The fraction of sp³-hybridized carbons (Fsp3) is 0.278. The van der Waals surface area contributed by atoms with Crippen LogP contribution < -0.4 is 5.32 Å². The van der Waals surface area contributed by atoms with E-state index in [2.05, 4.69) is 65.8 Å². The van der Waals surface area contributed by atoms with Crippen molar-refractivity contribution in [2.75, 3.05) is 0 Å². The van der Waals surface area contributed by atoms with Crippen LogP contribution in [0, 0.1) is 6.92 Å². The normalized spacial score (nSPS) is 11.4. The highest BCUT2D eigenvalue weighted by Gasteiger charge is 2.07. The zero-order valence-corrected chi connectivity index (χ0v) is 12.8. The fourth-order valence-electron chi connectivity index (χ4n) is 2.61. The Bertz CT molecular complexity index is 756. The average Bonchev–Trinajstić information content (AvgIpc) is 2.94. The summed E-state index contributed by atoms with van der Waals surface area (Å²) in [5.41, 5.74) is 6.04. The summed E-state index contributed by atoms with van der Waals surface area (Å²) in [7, 11) is 0. The van der Waals surface area contributed by atoms with Crippen LogP contribution >= 0.6 is 0 Å². The number of fused-ring (bicyclic) bond motifs is 1. The van der Waals surface area contributed by atoms with Gasteiger partial charge in [-0.1, -0.05) is 38.1 Å². The van der Waals surface area contributed by atoms with Gasteiger partial charge in [-0.05, 0) is 30.2 Å². The van der Waals surface area contributed by atoms with Gasteiger partial charge in [-0.3, -0.25) is 4.40 Å². The monoisotopic (exact) mass is 279 g/mol. The Balaban J connectivity index is 1.98. The van der Waals surface area contributed by atoms with Gasteiger partial charge in [-0.2, -0.15) is 0 Å². The number of imidazole rings is 1. The first kappa shape index (κ1) is 13.8. The quantitative estimate of drug-likeness (QED) is 0.787. The lowest BCUT2D eigenvalue weighted by Crippen LogP contribution is -2.21. The first-order chi connectivity index (χ1) is 10.1. The Morgan fingerprint density at radius 1 is 1.19 bits per heavy atom. The molecule has 0 spiro atoms. The lowest BCUT2D eigenvalue weighted by Gasteiger charge is -2.12. The van der Waals surface area contributed by atoms with E-state index in [1.807, 2.05) is 18.5 Å². The molecular weight excluding hydrogens is 258 g/mol. The molecule has 0 unspecified atom stereocenters. The molecule has 0 atom stereocenters. The average molecular weight is 279 g/mol. The maximum Gasteiger partial charge on any atom is 0.137 e. The van der Waals surface area contributed by atoms with Crippen molar-refractivity contribution in [1.82, 2.24) is 14.7 Å². The number of pyridine rings is 1. The van der Waals surface area contributed by atoms with Crippen molar-refractivity contribution in [3.8, 4) is 11.3 Å². The molecule has 3 aromatic rings. The number of nitrogens with one attached hydrogen (secondary N) is 1. The first-order valence-electron chi connectivity index (χ1n) is 7.40. The van der Waals surface area contributed by atoms with E-state index < -0.39 is 0 Å². The van der Waals surface area contributed by atoms with Crippen molar-refractivity contribution in [3.63, 3.8) is 0 Å². The van der Waals surface area contributed by atoms with E-state index in [-0.39, 0.29) is 0 Å². The fourth-order valence-corrected chi connectivity index (χ4v) is 2.61. The summed E-state index contributed by atoms with van der Waals surface area (Å²) in [5.74, 6) is 0. The van der Waals surface area contributed by atoms with Crippen molar-refractivity contribution >= 4 is 5.65 Å². The molecule has 0 saturated carbocycles. The highest BCUT2D eigenvalue weighted by molar-refractivity contribution is 5.67. The van der Waals surface area contributed by atoms with Crippen LogP contribution in [0.15, 0.2) is 48.8 Å². The third-order valence-corrected chi connectivity index (χ3v) is 3.71. The third kappa shape index (κ3) is 2.83. The van der Waals surface area contributed by atoms with Crippen LogP contribution in [0.1, 0.15) is 25.0 Å². The van der Waals surface area contributed by atoms with Gasteiger partial charge in [-0.15, -0.1) is 0 Å². The zero-order chi connectivity index (χ0) is 14.8. The Morgan fingerprint density at radius 2 is 2.05 bits per heavy atom. The second kappa shape index (κ2) is 5.70. The summed E-state index contributed by atoms with van der Waals surface area (Å²) in [5, 5.41) is 3.46. The molecule has 21 heavy (non-hydrogen) atoms. The van der Waals surface area contributed by atoms with Crippen molar-refractivity contribution in [3.05, 3.63) is 59.9 Å². The summed E-state index contributed by atoms with van der Waals surface area (Å²) >= 11 is 0. The second-order valence-corrected chi connectivity index (χ2v) is 5.75. The van der Waals surface area contributed by atoms with Crippen LogP contribution in [0.4, 0.5) is 0 Å².